The molecular formula is C30H44N2O2. The lowest BCUT2D eigenvalue weighted by Gasteiger charge is -2.69. The highest BCUT2D eigenvalue weighted by atomic mass is 16.3. The highest BCUT2D eigenvalue weighted by molar-refractivity contribution is 5.95. The zero-order valence-corrected chi connectivity index (χ0v) is 22.3. The first-order chi connectivity index (χ1) is 15.6. The molecule has 0 heterocycles. The van der Waals surface area contributed by atoms with Crippen molar-refractivity contribution in [1.29, 1.82) is 5.26 Å². The number of ketones is 1. The molecule has 5 aliphatic rings. The fourth-order valence-corrected chi connectivity index (χ4v) is 9.84. The van der Waals surface area contributed by atoms with E-state index in [0.717, 1.165) is 44.9 Å². The number of hydrogen-bond donors (Lipinski definition) is 2. The van der Waals surface area contributed by atoms with Crippen molar-refractivity contribution in [1.82, 2.24) is 0 Å². The van der Waals surface area contributed by atoms with Crippen molar-refractivity contribution < 1.29 is 9.90 Å². The van der Waals surface area contributed by atoms with Crippen molar-refractivity contribution in [2.75, 3.05) is 0 Å². The van der Waals surface area contributed by atoms with Crippen LogP contribution >= 0.6 is 0 Å². The Bertz CT molecular complexity index is 1050. The number of carbonyl (C=O) groups excluding carboxylic acids is 1. The summed E-state index contributed by atoms with van der Waals surface area (Å²) >= 11 is 0. The molecule has 3 saturated carbocycles. The number of aliphatic hydroxyl groups excluding tert-OH is 1. The third kappa shape index (κ3) is 2.81. The summed E-state index contributed by atoms with van der Waals surface area (Å²) in [5, 5.41) is 20.9. The summed E-state index contributed by atoms with van der Waals surface area (Å²) in [4.78, 5) is 14.2. The molecule has 8 atom stereocenters. The molecule has 0 aliphatic heterocycles. The van der Waals surface area contributed by atoms with E-state index in [1.807, 2.05) is 12.2 Å². The Morgan fingerprint density at radius 1 is 1.03 bits per heavy atom. The average Bonchev–Trinajstić information content (AvgIpc) is 2.74. The Morgan fingerprint density at radius 2 is 1.68 bits per heavy atom. The fourth-order valence-electron chi connectivity index (χ4n) is 9.84. The molecule has 0 amide bonds. The fraction of sp³-hybridized carbons (Fsp3) is 0.800. The molecule has 5 aliphatic carbocycles. The van der Waals surface area contributed by atoms with Crippen LogP contribution in [0.15, 0.2) is 23.3 Å². The maximum absolute atomic E-state index is 14.2. The van der Waals surface area contributed by atoms with Gasteiger partial charge in [0.2, 0.25) is 0 Å². The van der Waals surface area contributed by atoms with Crippen LogP contribution in [0.3, 0.4) is 0 Å². The van der Waals surface area contributed by atoms with Crippen LogP contribution in [-0.4, -0.2) is 22.5 Å². The van der Waals surface area contributed by atoms with Crippen LogP contribution in [0.5, 0.6) is 0 Å². The summed E-state index contributed by atoms with van der Waals surface area (Å²) in [5.74, 6) is 0.619. The van der Waals surface area contributed by atoms with Crippen LogP contribution in [0.4, 0.5) is 0 Å². The van der Waals surface area contributed by atoms with Gasteiger partial charge in [-0.05, 0) is 84.5 Å². The van der Waals surface area contributed by atoms with E-state index in [9.17, 15) is 15.2 Å². The summed E-state index contributed by atoms with van der Waals surface area (Å²) in [6, 6.07) is 2.29. The van der Waals surface area contributed by atoms with E-state index in [2.05, 4.69) is 54.5 Å². The molecule has 0 aromatic heterocycles. The molecule has 0 spiro atoms. The highest BCUT2D eigenvalue weighted by Gasteiger charge is 2.69. The van der Waals surface area contributed by atoms with Crippen LogP contribution in [0.25, 0.3) is 0 Å². The molecule has 3 unspecified atom stereocenters. The van der Waals surface area contributed by atoms with Crippen LogP contribution in [0.2, 0.25) is 0 Å². The van der Waals surface area contributed by atoms with E-state index in [0.29, 0.717) is 5.57 Å². The minimum Gasteiger partial charge on any atom is -0.387 e. The lowest BCUT2D eigenvalue weighted by Crippen LogP contribution is -2.68. The summed E-state index contributed by atoms with van der Waals surface area (Å²) in [6.07, 6.45) is 10.4. The van der Waals surface area contributed by atoms with Gasteiger partial charge >= 0.3 is 0 Å². The Labute approximate surface area is 206 Å². The van der Waals surface area contributed by atoms with Crippen molar-refractivity contribution in [3.8, 4) is 6.07 Å². The Kier molecular flexibility index (Phi) is 4.89. The van der Waals surface area contributed by atoms with Crippen LogP contribution in [-0.2, 0) is 4.79 Å². The summed E-state index contributed by atoms with van der Waals surface area (Å²) in [5.41, 5.74) is 7.62. The standard InChI is InChI=1S/C30H44N2O2/c1-25(2)10-12-30(32)13-11-29(7)23(19(30)16-25)20(33)14-22-27(5)15-18(17-31)24(34)26(3,4)21(27)8-9-28(22,29)6/h14-15,19,21,23-24,34H,8-13,16,32H2,1-7H3/t19?,21-,23?,24?,27-,28+,29+,30-/m0/s1. The number of aliphatic hydroxyl groups is 1. The highest BCUT2D eigenvalue weighted by Crippen LogP contribution is 2.73. The summed E-state index contributed by atoms with van der Waals surface area (Å²) in [6.45, 7) is 15.9. The van der Waals surface area contributed by atoms with E-state index < -0.39 is 16.9 Å². The van der Waals surface area contributed by atoms with Gasteiger partial charge in [0.15, 0.2) is 5.78 Å². The maximum atomic E-state index is 14.2. The van der Waals surface area contributed by atoms with Gasteiger partial charge in [-0.1, -0.05) is 60.1 Å². The second-order valence-electron chi connectivity index (χ2n) is 14.7. The second-order valence-corrected chi connectivity index (χ2v) is 14.7. The van der Waals surface area contributed by atoms with Gasteiger partial charge in [0.05, 0.1) is 17.7 Å². The molecule has 186 valence electrons. The van der Waals surface area contributed by atoms with Gasteiger partial charge in [-0.15, -0.1) is 0 Å². The van der Waals surface area contributed by atoms with Crippen molar-refractivity contribution in [2.24, 2.45) is 50.6 Å². The zero-order valence-electron chi connectivity index (χ0n) is 22.3. The number of fused-ring (bicyclic) bond motifs is 7. The average molecular weight is 465 g/mol. The monoisotopic (exact) mass is 464 g/mol. The SMILES string of the molecule is CC1(C)CC[C@]2(N)CC[C@]3(C)C(C(=O)C=C4[C@@]5(C)C=C(C#N)C(O)C(C)(C)[C@@H]5CC[C@]43C)C2C1. The van der Waals surface area contributed by atoms with E-state index >= 15 is 0 Å². The molecule has 0 saturated heterocycles. The number of nitrogens with zero attached hydrogens (tertiary/aromatic N) is 1. The Hall–Kier alpha value is -1.44. The Balaban J connectivity index is 1.68. The minimum absolute atomic E-state index is 0.0404. The van der Waals surface area contributed by atoms with Crippen molar-refractivity contribution >= 4 is 5.78 Å². The second kappa shape index (κ2) is 6.86. The van der Waals surface area contributed by atoms with Crippen molar-refractivity contribution in [3.63, 3.8) is 0 Å². The molecule has 3 fully saturated rings. The number of carbonyl (C=O) groups is 1. The molecule has 0 aromatic rings. The van der Waals surface area contributed by atoms with E-state index in [-0.39, 0.29) is 45.3 Å². The predicted octanol–water partition coefficient (Wildman–Crippen LogP) is 5.71. The van der Waals surface area contributed by atoms with Crippen molar-refractivity contribution in [3.05, 3.63) is 23.3 Å². The molecular weight excluding hydrogens is 420 g/mol. The third-order valence-electron chi connectivity index (χ3n) is 12.1. The van der Waals surface area contributed by atoms with Gasteiger partial charge in [-0.2, -0.15) is 5.26 Å². The van der Waals surface area contributed by atoms with Crippen LogP contribution in [0, 0.1) is 56.2 Å². The quantitative estimate of drug-likeness (QED) is 0.481. The smallest absolute Gasteiger partial charge is 0.159 e. The number of hydrogen-bond acceptors (Lipinski definition) is 4. The summed E-state index contributed by atoms with van der Waals surface area (Å²) in [7, 11) is 0. The first kappa shape index (κ1) is 24.3. The maximum Gasteiger partial charge on any atom is 0.159 e. The lowest BCUT2D eigenvalue weighted by molar-refractivity contribution is -0.159. The van der Waals surface area contributed by atoms with E-state index in [1.165, 1.54) is 5.57 Å². The zero-order chi connectivity index (χ0) is 25.1. The van der Waals surface area contributed by atoms with Gasteiger partial charge in [0.1, 0.15) is 0 Å². The molecule has 0 radical (unpaired) electrons. The molecule has 4 heteroatoms. The molecule has 5 rings (SSSR count). The molecule has 0 bridgehead atoms. The minimum atomic E-state index is -0.764. The van der Waals surface area contributed by atoms with Crippen LogP contribution < -0.4 is 5.73 Å². The predicted molar refractivity (Wildman–Crippen MR) is 134 cm³/mol. The number of allylic oxidation sites excluding steroid dienone is 3. The van der Waals surface area contributed by atoms with Gasteiger partial charge in [0.25, 0.3) is 0 Å². The molecule has 0 aromatic carbocycles. The molecule has 4 nitrogen and oxygen atoms in total. The van der Waals surface area contributed by atoms with E-state index in [1.54, 1.807) is 0 Å². The third-order valence-corrected chi connectivity index (χ3v) is 12.1. The number of nitrogens with two attached hydrogens (primary N) is 1. The largest absolute Gasteiger partial charge is 0.387 e. The van der Waals surface area contributed by atoms with E-state index in [4.69, 9.17) is 5.73 Å². The topological polar surface area (TPSA) is 87.1 Å². The Morgan fingerprint density at radius 3 is 2.32 bits per heavy atom. The normalized spacial score (nSPS) is 51.0. The first-order valence-electron chi connectivity index (χ1n) is 13.4. The first-order valence-corrected chi connectivity index (χ1v) is 13.4. The van der Waals surface area contributed by atoms with Crippen molar-refractivity contribution in [2.45, 2.75) is 105 Å². The van der Waals surface area contributed by atoms with Gasteiger partial charge in [-0.3, -0.25) is 4.79 Å². The number of rotatable bonds is 0. The molecule has 34 heavy (non-hydrogen) atoms. The lowest BCUT2D eigenvalue weighted by atomic mass is 9.35. The number of nitriles is 1. The molecule has 3 N–H and O–H groups in total. The van der Waals surface area contributed by atoms with Gasteiger partial charge in [0, 0.05) is 16.9 Å². The van der Waals surface area contributed by atoms with Gasteiger partial charge in [-0.25, -0.2) is 0 Å². The van der Waals surface area contributed by atoms with Gasteiger partial charge < -0.3 is 10.8 Å². The summed E-state index contributed by atoms with van der Waals surface area (Å²) < 4.78 is 0. The van der Waals surface area contributed by atoms with Crippen LogP contribution in [0.1, 0.15) is 93.4 Å².